The molecule has 4 atom stereocenters. The summed E-state index contributed by atoms with van der Waals surface area (Å²) >= 11 is 0. The van der Waals surface area contributed by atoms with E-state index in [0.29, 0.717) is 12.1 Å². The maximum atomic E-state index is 5.61. The molecule has 0 saturated carbocycles. The van der Waals surface area contributed by atoms with Crippen molar-refractivity contribution in [3.63, 3.8) is 0 Å². The lowest BCUT2D eigenvalue weighted by atomic mass is 9.83. The van der Waals surface area contributed by atoms with Crippen LogP contribution in [0.4, 0.5) is 0 Å². The molecule has 0 spiro atoms. The number of ether oxygens (including phenoxy) is 1. The van der Waals surface area contributed by atoms with E-state index in [1.165, 1.54) is 19.4 Å². The van der Waals surface area contributed by atoms with Crippen LogP contribution in [0.15, 0.2) is 0 Å². The standard InChI is InChI=1S/C14H28N2O/c1-5-15-13-6-8-16(12(3)11(13)2)14(4)7-9-17-10-14/h11-13,15H,5-10H2,1-4H3. The van der Waals surface area contributed by atoms with Crippen molar-refractivity contribution in [1.29, 1.82) is 0 Å². The number of nitrogens with zero attached hydrogens (tertiary/aromatic N) is 1. The first-order chi connectivity index (χ1) is 8.08. The molecule has 1 N–H and O–H groups in total. The van der Waals surface area contributed by atoms with Crippen LogP contribution in [-0.4, -0.2) is 48.8 Å². The number of rotatable bonds is 3. The first-order valence-electron chi connectivity index (χ1n) is 7.16. The van der Waals surface area contributed by atoms with Crippen LogP contribution in [0.2, 0.25) is 0 Å². The van der Waals surface area contributed by atoms with Crippen molar-refractivity contribution in [2.24, 2.45) is 5.92 Å². The quantitative estimate of drug-likeness (QED) is 0.815. The average Bonchev–Trinajstić information content (AvgIpc) is 2.73. The molecule has 2 aliphatic rings. The Morgan fingerprint density at radius 3 is 2.76 bits per heavy atom. The fraction of sp³-hybridized carbons (Fsp3) is 1.00. The molecule has 0 aliphatic carbocycles. The summed E-state index contributed by atoms with van der Waals surface area (Å²) < 4.78 is 5.61. The van der Waals surface area contributed by atoms with Crippen LogP contribution in [0, 0.1) is 5.92 Å². The lowest BCUT2D eigenvalue weighted by molar-refractivity contribution is -0.00892. The SMILES string of the molecule is CCNC1CCN(C2(C)CCOC2)C(C)C1C. The number of hydrogen-bond donors (Lipinski definition) is 1. The number of nitrogens with one attached hydrogen (secondary N) is 1. The van der Waals surface area contributed by atoms with Crippen molar-refractivity contribution < 1.29 is 4.74 Å². The highest BCUT2D eigenvalue weighted by atomic mass is 16.5. The van der Waals surface area contributed by atoms with Gasteiger partial charge in [-0.2, -0.15) is 0 Å². The third-order valence-electron chi connectivity index (χ3n) is 4.93. The van der Waals surface area contributed by atoms with Crippen LogP contribution in [0.3, 0.4) is 0 Å². The zero-order valence-corrected chi connectivity index (χ0v) is 11.8. The molecule has 4 unspecified atom stereocenters. The average molecular weight is 240 g/mol. The highest BCUT2D eigenvalue weighted by molar-refractivity contribution is 4.98. The summed E-state index contributed by atoms with van der Waals surface area (Å²) in [4.78, 5) is 2.69. The second-order valence-electron chi connectivity index (χ2n) is 6.05. The van der Waals surface area contributed by atoms with Crippen LogP contribution in [0.25, 0.3) is 0 Å². The molecule has 0 aromatic carbocycles. The predicted molar refractivity (Wildman–Crippen MR) is 71.3 cm³/mol. The second kappa shape index (κ2) is 5.25. The van der Waals surface area contributed by atoms with Crippen LogP contribution >= 0.6 is 0 Å². The maximum absolute atomic E-state index is 5.61. The van der Waals surface area contributed by atoms with Gasteiger partial charge in [0.25, 0.3) is 0 Å². The van der Waals surface area contributed by atoms with Gasteiger partial charge in [-0.05, 0) is 39.2 Å². The summed E-state index contributed by atoms with van der Waals surface area (Å²) in [7, 11) is 0. The van der Waals surface area contributed by atoms with E-state index >= 15 is 0 Å². The fourth-order valence-electron chi connectivity index (χ4n) is 3.56. The van der Waals surface area contributed by atoms with Gasteiger partial charge in [-0.25, -0.2) is 0 Å². The van der Waals surface area contributed by atoms with Crippen molar-refractivity contribution in [2.45, 2.75) is 58.2 Å². The molecule has 100 valence electrons. The predicted octanol–water partition coefficient (Wildman–Crippen LogP) is 1.87. The molecule has 2 rings (SSSR count). The van der Waals surface area contributed by atoms with Gasteiger partial charge in [-0.1, -0.05) is 13.8 Å². The molecule has 2 aliphatic heterocycles. The van der Waals surface area contributed by atoms with Crippen molar-refractivity contribution in [2.75, 3.05) is 26.3 Å². The van der Waals surface area contributed by atoms with E-state index in [-0.39, 0.29) is 5.54 Å². The Bertz CT molecular complexity index is 251. The van der Waals surface area contributed by atoms with Crippen LogP contribution in [0.5, 0.6) is 0 Å². The Balaban J connectivity index is 2.02. The van der Waals surface area contributed by atoms with Gasteiger partial charge in [0.2, 0.25) is 0 Å². The van der Waals surface area contributed by atoms with Crippen LogP contribution < -0.4 is 5.32 Å². The van der Waals surface area contributed by atoms with Crippen LogP contribution in [0.1, 0.15) is 40.5 Å². The van der Waals surface area contributed by atoms with Gasteiger partial charge < -0.3 is 10.1 Å². The number of likely N-dealkylation sites (tertiary alicyclic amines) is 1. The highest BCUT2D eigenvalue weighted by Crippen LogP contribution is 2.34. The summed E-state index contributed by atoms with van der Waals surface area (Å²) in [5.74, 6) is 0.723. The number of hydrogen-bond acceptors (Lipinski definition) is 3. The summed E-state index contributed by atoms with van der Waals surface area (Å²) in [6, 6.07) is 1.34. The first kappa shape index (κ1) is 13.3. The molecule has 0 bridgehead atoms. The van der Waals surface area contributed by atoms with Gasteiger partial charge >= 0.3 is 0 Å². The minimum atomic E-state index is 0.283. The Hall–Kier alpha value is -0.120. The molecule has 0 aromatic rings. The van der Waals surface area contributed by atoms with Gasteiger partial charge in [0.05, 0.1) is 6.61 Å². The molecule has 2 saturated heterocycles. The molecule has 17 heavy (non-hydrogen) atoms. The largest absolute Gasteiger partial charge is 0.379 e. The van der Waals surface area contributed by atoms with Gasteiger partial charge in [0, 0.05) is 30.8 Å². The summed E-state index contributed by atoms with van der Waals surface area (Å²) in [6.07, 6.45) is 2.46. The monoisotopic (exact) mass is 240 g/mol. The normalized spacial score (nSPS) is 44.1. The Labute approximate surface area is 106 Å². The van der Waals surface area contributed by atoms with Gasteiger partial charge in [0.1, 0.15) is 0 Å². The Morgan fingerprint density at radius 2 is 2.18 bits per heavy atom. The lowest BCUT2D eigenvalue weighted by Gasteiger charge is -2.50. The van der Waals surface area contributed by atoms with Gasteiger partial charge in [-0.15, -0.1) is 0 Å². The topological polar surface area (TPSA) is 24.5 Å². The first-order valence-corrected chi connectivity index (χ1v) is 7.16. The van der Waals surface area contributed by atoms with Crippen molar-refractivity contribution in [1.82, 2.24) is 10.2 Å². The fourth-order valence-corrected chi connectivity index (χ4v) is 3.56. The van der Waals surface area contributed by atoms with E-state index in [9.17, 15) is 0 Å². The highest BCUT2D eigenvalue weighted by Gasteiger charge is 2.43. The van der Waals surface area contributed by atoms with E-state index in [2.05, 4.69) is 37.9 Å². The molecular weight excluding hydrogens is 212 g/mol. The van der Waals surface area contributed by atoms with Gasteiger partial charge in [0.15, 0.2) is 0 Å². The molecular formula is C14H28N2O. The molecule has 3 nitrogen and oxygen atoms in total. The van der Waals surface area contributed by atoms with E-state index in [4.69, 9.17) is 4.74 Å². The smallest absolute Gasteiger partial charge is 0.0648 e. The van der Waals surface area contributed by atoms with E-state index < -0.39 is 0 Å². The molecule has 2 fully saturated rings. The van der Waals surface area contributed by atoms with Crippen molar-refractivity contribution in [3.05, 3.63) is 0 Å². The van der Waals surface area contributed by atoms with Gasteiger partial charge in [-0.3, -0.25) is 4.90 Å². The minimum absolute atomic E-state index is 0.283. The third-order valence-corrected chi connectivity index (χ3v) is 4.93. The summed E-state index contributed by atoms with van der Waals surface area (Å²) in [5, 5.41) is 3.63. The lowest BCUT2D eigenvalue weighted by Crippen LogP contribution is -2.60. The Morgan fingerprint density at radius 1 is 1.41 bits per heavy atom. The maximum Gasteiger partial charge on any atom is 0.0648 e. The molecule has 0 amide bonds. The zero-order chi connectivity index (χ0) is 12.5. The summed E-state index contributed by atoms with van der Waals surface area (Å²) in [5.41, 5.74) is 0.283. The van der Waals surface area contributed by atoms with E-state index in [0.717, 1.165) is 25.7 Å². The summed E-state index contributed by atoms with van der Waals surface area (Å²) in [6.45, 7) is 13.5. The molecule has 2 heterocycles. The van der Waals surface area contributed by atoms with E-state index in [1.54, 1.807) is 0 Å². The third kappa shape index (κ3) is 2.51. The molecule has 3 heteroatoms. The van der Waals surface area contributed by atoms with E-state index in [1.807, 2.05) is 0 Å². The van der Waals surface area contributed by atoms with Crippen LogP contribution in [-0.2, 0) is 4.74 Å². The van der Waals surface area contributed by atoms with Crippen molar-refractivity contribution >= 4 is 0 Å². The minimum Gasteiger partial charge on any atom is -0.379 e. The Kier molecular flexibility index (Phi) is 4.11. The van der Waals surface area contributed by atoms with Crippen molar-refractivity contribution in [3.8, 4) is 0 Å². The second-order valence-corrected chi connectivity index (χ2v) is 6.05. The molecule has 0 aromatic heterocycles. The molecule has 0 radical (unpaired) electrons. The zero-order valence-electron chi connectivity index (χ0n) is 11.8. The number of piperidine rings is 1.